The molecule has 0 fully saturated rings. The van der Waals surface area contributed by atoms with Crippen LogP contribution in [0.25, 0.3) is 11.3 Å². The van der Waals surface area contributed by atoms with Gasteiger partial charge >= 0.3 is 0 Å². The monoisotopic (exact) mass is 287 g/mol. The van der Waals surface area contributed by atoms with E-state index in [1.54, 1.807) is 0 Å². The minimum Gasteiger partial charge on any atom is -0.380 e. The molecule has 0 saturated carbocycles. The normalized spacial score (nSPS) is 11.2. The van der Waals surface area contributed by atoms with Gasteiger partial charge in [0.25, 0.3) is 0 Å². The Hall–Kier alpha value is -1.65. The van der Waals surface area contributed by atoms with Gasteiger partial charge in [0, 0.05) is 25.3 Å². The SMILES string of the molecule is CC(C)CCOCCNCc1cn[nH]c1-c1ccccc1. The molecular weight excluding hydrogens is 262 g/mol. The molecule has 0 aliphatic heterocycles. The average Bonchev–Trinajstić information content (AvgIpc) is 2.95. The Bertz CT molecular complexity index is 508. The lowest BCUT2D eigenvalue weighted by Gasteiger charge is -2.08. The largest absolute Gasteiger partial charge is 0.380 e. The highest BCUT2D eigenvalue weighted by atomic mass is 16.5. The maximum absolute atomic E-state index is 5.59. The van der Waals surface area contributed by atoms with Crippen LogP contribution in [0.4, 0.5) is 0 Å². The predicted molar refractivity (Wildman–Crippen MR) is 86.0 cm³/mol. The van der Waals surface area contributed by atoms with Crippen molar-refractivity contribution in [2.75, 3.05) is 19.8 Å². The van der Waals surface area contributed by atoms with Gasteiger partial charge in [-0.15, -0.1) is 0 Å². The van der Waals surface area contributed by atoms with E-state index in [9.17, 15) is 0 Å². The summed E-state index contributed by atoms with van der Waals surface area (Å²) in [4.78, 5) is 0. The first-order valence-electron chi connectivity index (χ1n) is 7.63. The molecule has 0 bridgehead atoms. The molecule has 0 aliphatic rings. The van der Waals surface area contributed by atoms with Gasteiger partial charge in [0.1, 0.15) is 0 Å². The van der Waals surface area contributed by atoms with Crippen LogP contribution in [-0.2, 0) is 11.3 Å². The predicted octanol–water partition coefficient (Wildman–Crippen LogP) is 3.23. The van der Waals surface area contributed by atoms with E-state index in [4.69, 9.17) is 4.74 Å². The molecule has 0 saturated heterocycles. The fourth-order valence-corrected chi connectivity index (χ4v) is 2.09. The molecule has 0 atom stereocenters. The Morgan fingerprint density at radius 1 is 1.19 bits per heavy atom. The molecule has 0 aliphatic carbocycles. The lowest BCUT2D eigenvalue weighted by molar-refractivity contribution is 0.125. The molecule has 0 radical (unpaired) electrons. The Balaban J connectivity index is 1.71. The van der Waals surface area contributed by atoms with Crippen LogP contribution < -0.4 is 5.32 Å². The van der Waals surface area contributed by atoms with Gasteiger partial charge in [0.2, 0.25) is 0 Å². The molecule has 2 N–H and O–H groups in total. The zero-order valence-electron chi connectivity index (χ0n) is 12.9. The van der Waals surface area contributed by atoms with Gasteiger partial charge in [0.15, 0.2) is 0 Å². The first-order valence-corrected chi connectivity index (χ1v) is 7.63. The lowest BCUT2D eigenvalue weighted by Crippen LogP contribution is -2.19. The van der Waals surface area contributed by atoms with Crippen molar-refractivity contribution in [1.82, 2.24) is 15.5 Å². The van der Waals surface area contributed by atoms with E-state index < -0.39 is 0 Å². The summed E-state index contributed by atoms with van der Waals surface area (Å²) in [5.41, 5.74) is 3.44. The zero-order chi connectivity index (χ0) is 14.9. The summed E-state index contributed by atoms with van der Waals surface area (Å²) in [6.07, 6.45) is 3.01. The zero-order valence-corrected chi connectivity index (χ0v) is 12.9. The molecule has 1 heterocycles. The molecule has 2 rings (SSSR count). The first kappa shape index (κ1) is 15.7. The molecule has 0 unspecified atom stereocenters. The Morgan fingerprint density at radius 3 is 2.76 bits per heavy atom. The topological polar surface area (TPSA) is 49.9 Å². The number of nitrogens with one attached hydrogen (secondary N) is 2. The highest BCUT2D eigenvalue weighted by molar-refractivity contribution is 5.62. The van der Waals surface area contributed by atoms with Crippen LogP contribution in [-0.4, -0.2) is 30.0 Å². The standard InChI is InChI=1S/C17H25N3O/c1-14(2)8-10-21-11-9-18-12-16-13-19-20-17(16)15-6-4-3-5-7-15/h3-7,13-14,18H,8-12H2,1-2H3,(H,19,20). The third-order valence-electron chi connectivity index (χ3n) is 3.36. The van der Waals surface area contributed by atoms with Crippen molar-refractivity contribution in [3.63, 3.8) is 0 Å². The maximum Gasteiger partial charge on any atom is 0.0695 e. The highest BCUT2D eigenvalue weighted by Gasteiger charge is 2.06. The number of hydrogen-bond acceptors (Lipinski definition) is 3. The number of hydrogen-bond donors (Lipinski definition) is 2. The molecule has 0 spiro atoms. The molecule has 1 aromatic heterocycles. The van der Waals surface area contributed by atoms with Gasteiger partial charge in [-0.25, -0.2) is 0 Å². The van der Waals surface area contributed by atoms with E-state index in [1.165, 1.54) is 11.1 Å². The van der Waals surface area contributed by atoms with Crippen molar-refractivity contribution in [3.05, 3.63) is 42.1 Å². The first-order chi connectivity index (χ1) is 10.3. The Kier molecular flexibility index (Phi) is 6.44. The number of nitrogens with zero attached hydrogens (tertiary/aromatic N) is 1. The van der Waals surface area contributed by atoms with Crippen molar-refractivity contribution in [3.8, 4) is 11.3 Å². The van der Waals surface area contributed by atoms with Gasteiger partial charge in [0.05, 0.1) is 18.5 Å². The quantitative estimate of drug-likeness (QED) is 0.696. The second kappa shape index (κ2) is 8.60. The second-order valence-corrected chi connectivity index (χ2v) is 5.61. The van der Waals surface area contributed by atoms with Crippen molar-refractivity contribution in [2.45, 2.75) is 26.8 Å². The summed E-state index contributed by atoms with van der Waals surface area (Å²) in [5, 5.41) is 10.6. The van der Waals surface area contributed by atoms with E-state index in [1.807, 2.05) is 24.4 Å². The summed E-state index contributed by atoms with van der Waals surface area (Å²) in [7, 11) is 0. The van der Waals surface area contributed by atoms with Crippen LogP contribution in [0.2, 0.25) is 0 Å². The molecule has 2 aromatic rings. The Morgan fingerprint density at radius 2 is 2.00 bits per heavy atom. The smallest absolute Gasteiger partial charge is 0.0695 e. The van der Waals surface area contributed by atoms with Gasteiger partial charge in [-0.3, -0.25) is 5.10 Å². The van der Waals surface area contributed by atoms with E-state index in [0.29, 0.717) is 5.92 Å². The third-order valence-corrected chi connectivity index (χ3v) is 3.36. The van der Waals surface area contributed by atoms with Crippen LogP contribution in [0.3, 0.4) is 0 Å². The number of ether oxygens (including phenoxy) is 1. The summed E-state index contributed by atoms with van der Waals surface area (Å²) < 4.78 is 5.59. The highest BCUT2D eigenvalue weighted by Crippen LogP contribution is 2.20. The number of aromatic nitrogens is 2. The van der Waals surface area contributed by atoms with Crippen molar-refractivity contribution in [1.29, 1.82) is 0 Å². The van der Waals surface area contributed by atoms with E-state index >= 15 is 0 Å². The fraction of sp³-hybridized carbons (Fsp3) is 0.471. The van der Waals surface area contributed by atoms with Crippen LogP contribution in [0.5, 0.6) is 0 Å². The van der Waals surface area contributed by atoms with Crippen molar-refractivity contribution >= 4 is 0 Å². The molecule has 0 amide bonds. The molecule has 4 nitrogen and oxygen atoms in total. The van der Waals surface area contributed by atoms with Crippen molar-refractivity contribution < 1.29 is 4.74 Å². The van der Waals surface area contributed by atoms with Gasteiger partial charge < -0.3 is 10.1 Å². The fourth-order valence-electron chi connectivity index (χ4n) is 2.09. The van der Waals surface area contributed by atoms with E-state index in [2.05, 4.69) is 41.5 Å². The summed E-state index contributed by atoms with van der Waals surface area (Å²) in [6, 6.07) is 10.3. The van der Waals surface area contributed by atoms with Gasteiger partial charge in [-0.05, 0) is 17.9 Å². The summed E-state index contributed by atoms with van der Waals surface area (Å²) in [5.74, 6) is 0.706. The van der Waals surface area contributed by atoms with Gasteiger partial charge in [-0.2, -0.15) is 5.10 Å². The lowest BCUT2D eigenvalue weighted by atomic mass is 10.1. The summed E-state index contributed by atoms with van der Waals surface area (Å²) in [6.45, 7) is 7.69. The minimum absolute atomic E-state index is 0.706. The molecular formula is C17H25N3O. The molecule has 21 heavy (non-hydrogen) atoms. The van der Waals surface area contributed by atoms with Crippen LogP contribution in [0.15, 0.2) is 36.5 Å². The number of aromatic amines is 1. The third kappa shape index (κ3) is 5.33. The number of H-pyrrole nitrogens is 1. The van der Waals surface area contributed by atoms with Crippen molar-refractivity contribution in [2.24, 2.45) is 5.92 Å². The van der Waals surface area contributed by atoms with Crippen LogP contribution >= 0.6 is 0 Å². The maximum atomic E-state index is 5.59. The summed E-state index contributed by atoms with van der Waals surface area (Å²) >= 11 is 0. The van der Waals surface area contributed by atoms with E-state index in [0.717, 1.165) is 38.4 Å². The molecule has 114 valence electrons. The average molecular weight is 287 g/mol. The molecule has 1 aromatic carbocycles. The van der Waals surface area contributed by atoms with Crippen LogP contribution in [0, 0.1) is 5.92 Å². The van der Waals surface area contributed by atoms with Crippen LogP contribution in [0.1, 0.15) is 25.8 Å². The second-order valence-electron chi connectivity index (χ2n) is 5.61. The number of rotatable bonds is 9. The minimum atomic E-state index is 0.706. The number of benzene rings is 1. The molecule has 4 heteroatoms. The van der Waals surface area contributed by atoms with E-state index in [-0.39, 0.29) is 0 Å². The Labute approximate surface area is 126 Å². The van der Waals surface area contributed by atoms with Gasteiger partial charge in [-0.1, -0.05) is 44.2 Å².